The quantitative estimate of drug-likeness (QED) is 0.626. The summed E-state index contributed by atoms with van der Waals surface area (Å²) < 4.78 is 5.74. The smallest absolute Gasteiger partial charge is 0.0949 e. The van der Waals surface area contributed by atoms with Crippen LogP contribution in [0.15, 0.2) is 11.3 Å². The average Bonchev–Trinajstić information content (AvgIpc) is 2.03. The molecule has 0 amide bonds. The highest BCUT2D eigenvalue weighted by atomic mass is 16.5. The van der Waals surface area contributed by atoms with Crippen molar-refractivity contribution in [2.75, 3.05) is 6.61 Å². The van der Waals surface area contributed by atoms with E-state index in [0.717, 1.165) is 6.61 Å². The third-order valence-corrected chi connectivity index (χ3v) is 2.27. The fraction of sp³-hybridized carbons (Fsp3) is 0.818. The third-order valence-electron chi connectivity index (χ3n) is 2.27. The van der Waals surface area contributed by atoms with E-state index in [4.69, 9.17) is 4.74 Å². The maximum Gasteiger partial charge on any atom is 0.0949 e. The van der Waals surface area contributed by atoms with Crippen LogP contribution in [0.3, 0.4) is 0 Å². The summed E-state index contributed by atoms with van der Waals surface area (Å²) in [6.45, 7) is 7.47. The lowest BCUT2D eigenvalue weighted by Crippen LogP contribution is -2.06. The van der Waals surface area contributed by atoms with Crippen LogP contribution < -0.4 is 0 Å². The van der Waals surface area contributed by atoms with Gasteiger partial charge in [0.05, 0.1) is 12.4 Å². The molecule has 0 aromatic carbocycles. The van der Waals surface area contributed by atoms with E-state index < -0.39 is 0 Å². The molecule has 0 heterocycles. The van der Waals surface area contributed by atoms with Gasteiger partial charge < -0.3 is 4.74 Å². The lowest BCUT2D eigenvalue weighted by Gasteiger charge is -2.19. The second kappa shape index (κ2) is 4.54. The van der Waals surface area contributed by atoms with E-state index in [0.29, 0.717) is 5.92 Å². The Morgan fingerprint density at radius 2 is 1.92 bits per heavy atom. The maximum atomic E-state index is 5.74. The fourth-order valence-corrected chi connectivity index (χ4v) is 1.49. The Labute approximate surface area is 75.8 Å². The largest absolute Gasteiger partial charge is 0.498 e. The Hall–Kier alpha value is -0.460. The molecular weight excluding hydrogens is 148 g/mol. The summed E-state index contributed by atoms with van der Waals surface area (Å²) in [6.07, 6.45) is 5.07. The van der Waals surface area contributed by atoms with Crippen molar-refractivity contribution in [3.8, 4) is 0 Å². The highest BCUT2D eigenvalue weighted by Crippen LogP contribution is 2.25. The summed E-state index contributed by atoms with van der Waals surface area (Å²) in [4.78, 5) is 0. The Balaban J connectivity index is 2.38. The summed E-state index contributed by atoms with van der Waals surface area (Å²) in [5.41, 5.74) is 1.47. The van der Waals surface area contributed by atoms with Crippen molar-refractivity contribution in [2.24, 2.45) is 5.92 Å². The van der Waals surface area contributed by atoms with Crippen LogP contribution in [0.4, 0.5) is 0 Å². The molecule has 1 rings (SSSR count). The third kappa shape index (κ3) is 2.88. The fourth-order valence-electron chi connectivity index (χ4n) is 1.49. The zero-order valence-corrected chi connectivity index (χ0v) is 8.52. The number of hydrogen-bond acceptors (Lipinski definition) is 1. The number of ether oxygens (including phenoxy) is 1. The van der Waals surface area contributed by atoms with Gasteiger partial charge in [0.1, 0.15) is 0 Å². The molecule has 70 valence electrons. The SMILES string of the molecule is CC1=C(OCC(C)C)CCCC1. The Bertz CT molecular complexity index is 168. The molecule has 0 spiro atoms. The van der Waals surface area contributed by atoms with Crippen molar-refractivity contribution in [3.05, 3.63) is 11.3 Å². The number of rotatable bonds is 3. The van der Waals surface area contributed by atoms with Gasteiger partial charge in [-0.3, -0.25) is 0 Å². The molecule has 0 aromatic heterocycles. The summed E-state index contributed by atoms with van der Waals surface area (Å²) in [5.74, 6) is 1.92. The molecule has 0 fully saturated rings. The first-order valence-corrected chi connectivity index (χ1v) is 5.01. The van der Waals surface area contributed by atoms with Gasteiger partial charge in [0, 0.05) is 6.42 Å². The highest BCUT2D eigenvalue weighted by Gasteiger charge is 2.10. The van der Waals surface area contributed by atoms with Crippen LogP contribution >= 0.6 is 0 Å². The average molecular weight is 168 g/mol. The molecule has 0 bridgehead atoms. The molecule has 1 aliphatic carbocycles. The maximum absolute atomic E-state index is 5.74. The van der Waals surface area contributed by atoms with Crippen LogP contribution in [-0.4, -0.2) is 6.61 Å². The predicted octanol–water partition coefficient (Wildman–Crippen LogP) is 3.51. The first-order chi connectivity index (χ1) is 5.70. The second-order valence-corrected chi connectivity index (χ2v) is 4.12. The minimum atomic E-state index is 0.646. The van der Waals surface area contributed by atoms with Crippen LogP contribution in [-0.2, 0) is 4.74 Å². The van der Waals surface area contributed by atoms with E-state index in [-0.39, 0.29) is 0 Å². The molecule has 12 heavy (non-hydrogen) atoms. The van der Waals surface area contributed by atoms with Crippen molar-refractivity contribution < 1.29 is 4.74 Å². The molecule has 0 atom stereocenters. The van der Waals surface area contributed by atoms with E-state index in [2.05, 4.69) is 20.8 Å². The second-order valence-electron chi connectivity index (χ2n) is 4.12. The molecule has 1 aliphatic rings. The van der Waals surface area contributed by atoms with Gasteiger partial charge in [-0.15, -0.1) is 0 Å². The number of hydrogen-bond donors (Lipinski definition) is 0. The molecule has 0 radical (unpaired) electrons. The summed E-state index contributed by atoms with van der Waals surface area (Å²) in [5, 5.41) is 0. The van der Waals surface area contributed by atoms with Gasteiger partial charge in [-0.05, 0) is 37.7 Å². The van der Waals surface area contributed by atoms with Crippen molar-refractivity contribution >= 4 is 0 Å². The molecule has 0 N–H and O–H groups in total. The Kier molecular flexibility index (Phi) is 3.64. The molecule has 0 saturated heterocycles. The monoisotopic (exact) mass is 168 g/mol. The molecule has 1 nitrogen and oxygen atoms in total. The van der Waals surface area contributed by atoms with Gasteiger partial charge in [0.2, 0.25) is 0 Å². The molecule has 0 aromatic rings. The molecular formula is C11H20O. The Morgan fingerprint density at radius 3 is 2.50 bits per heavy atom. The van der Waals surface area contributed by atoms with Crippen molar-refractivity contribution in [1.29, 1.82) is 0 Å². The predicted molar refractivity (Wildman–Crippen MR) is 52.0 cm³/mol. The van der Waals surface area contributed by atoms with Crippen LogP contribution in [0.25, 0.3) is 0 Å². The standard InChI is InChI=1S/C11H20O/c1-9(2)8-12-11-7-5-4-6-10(11)3/h9H,4-8H2,1-3H3. The van der Waals surface area contributed by atoms with E-state index in [1.54, 1.807) is 0 Å². The van der Waals surface area contributed by atoms with Crippen LogP contribution in [0.2, 0.25) is 0 Å². The highest BCUT2D eigenvalue weighted by molar-refractivity contribution is 5.08. The van der Waals surface area contributed by atoms with Gasteiger partial charge in [-0.1, -0.05) is 13.8 Å². The van der Waals surface area contributed by atoms with Crippen LogP contribution in [0.5, 0.6) is 0 Å². The van der Waals surface area contributed by atoms with Gasteiger partial charge in [-0.2, -0.15) is 0 Å². The van der Waals surface area contributed by atoms with Gasteiger partial charge in [0.15, 0.2) is 0 Å². The first-order valence-electron chi connectivity index (χ1n) is 5.01. The zero-order chi connectivity index (χ0) is 8.97. The van der Waals surface area contributed by atoms with Crippen molar-refractivity contribution in [2.45, 2.75) is 46.5 Å². The summed E-state index contributed by atoms with van der Waals surface area (Å²) >= 11 is 0. The summed E-state index contributed by atoms with van der Waals surface area (Å²) in [7, 11) is 0. The lowest BCUT2D eigenvalue weighted by atomic mass is 9.99. The zero-order valence-electron chi connectivity index (χ0n) is 8.52. The first kappa shape index (κ1) is 9.63. The minimum absolute atomic E-state index is 0.646. The topological polar surface area (TPSA) is 9.23 Å². The minimum Gasteiger partial charge on any atom is -0.498 e. The number of allylic oxidation sites excluding steroid dienone is 2. The van der Waals surface area contributed by atoms with E-state index in [1.165, 1.54) is 37.0 Å². The van der Waals surface area contributed by atoms with Gasteiger partial charge >= 0.3 is 0 Å². The van der Waals surface area contributed by atoms with Gasteiger partial charge in [-0.25, -0.2) is 0 Å². The Morgan fingerprint density at radius 1 is 1.25 bits per heavy atom. The normalized spacial score (nSPS) is 18.7. The van der Waals surface area contributed by atoms with E-state index in [1.807, 2.05) is 0 Å². The molecule has 0 saturated carbocycles. The van der Waals surface area contributed by atoms with Crippen LogP contribution in [0.1, 0.15) is 46.5 Å². The lowest BCUT2D eigenvalue weighted by molar-refractivity contribution is 0.162. The van der Waals surface area contributed by atoms with Crippen LogP contribution in [0, 0.1) is 5.92 Å². The van der Waals surface area contributed by atoms with Gasteiger partial charge in [0.25, 0.3) is 0 Å². The molecule has 1 heteroatoms. The summed E-state index contributed by atoms with van der Waals surface area (Å²) in [6, 6.07) is 0. The molecule has 0 unspecified atom stereocenters. The molecule has 0 aliphatic heterocycles. The van der Waals surface area contributed by atoms with Crippen molar-refractivity contribution in [1.82, 2.24) is 0 Å². The van der Waals surface area contributed by atoms with Crippen molar-refractivity contribution in [3.63, 3.8) is 0 Å². The van der Waals surface area contributed by atoms with E-state index >= 15 is 0 Å². The van der Waals surface area contributed by atoms with E-state index in [9.17, 15) is 0 Å².